The van der Waals surface area contributed by atoms with Crippen molar-refractivity contribution in [3.05, 3.63) is 64.1 Å². The molecule has 1 atom stereocenters. The van der Waals surface area contributed by atoms with Crippen LogP contribution >= 0.6 is 15.9 Å². The van der Waals surface area contributed by atoms with Gasteiger partial charge in [-0.2, -0.15) is 0 Å². The van der Waals surface area contributed by atoms with Gasteiger partial charge in [0.05, 0.1) is 0 Å². The molecule has 0 saturated carbocycles. The Kier molecular flexibility index (Phi) is 6.15. The van der Waals surface area contributed by atoms with Crippen LogP contribution in [0, 0.1) is 12.8 Å². The lowest BCUT2D eigenvalue weighted by Gasteiger charge is -2.22. The summed E-state index contributed by atoms with van der Waals surface area (Å²) in [6, 6.07) is 13.9. The number of carbonyl (C=O) groups is 2. The van der Waals surface area contributed by atoms with Crippen LogP contribution in [0.2, 0.25) is 0 Å². The standard InChI is InChI=1S/C19H21BrN2O2/c1-12(2)17(22-18(23)14-7-5-4-6-8-14)19(24)21-16-10-9-15(20)11-13(16)3/h4-12,17H,1-3H3,(H,21,24)(H,22,23). The Morgan fingerprint density at radius 1 is 1.04 bits per heavy atom. The summed E-state index contributed by atoms with van der Waals surface area (Å²) in [6.45, 7) is 5.74. The van der Waals surface area contributed by atoms with Crippen LogP contribution in [0.5, 0.6) is 0 Å². The van der Waals surface area contributed by atoms with Crippen LogP contribution in [0.1, 0.15) is 29.8 Å². The maximum absolute atomic E-state index is 12.6. The number of halogens is 1. The van der Waals surface area contributed by atoms with E-state index < -0.39 is 6.04 Å². The quantitative estimate of drug-likeness (QED) is 0.807. The minimum absolute atomic E-state index is 0.0339. The second kappa shape index (κ2) is 8.11. The summed E-state index contributed by atoms with van der Waals surface area (Å²) >= 11 is 3.40. The van der Waals surface area contributed by atoms with Gasteiger partial charge in [-0.25, -0.2) is 0 Å². The van der Waals surface area contributed by atoms with Crippen molar-refractivity contribution in [1.82, 2.24) is 5.32 Å². The Morgan fingerprint density at radius 2 is 1.71 bits per heavy atom. The summed E-state index contributed by atoms with van der Waals surface area (Å²) in [7, 11) is 0. The van der Waals surface area contributed by atoms with Crippen LogP contribution in [-0.2, 0) is 4.79 Å². The molecule has 0 aromatic heterocycles. The highest BCUT2D eigenvalue weighted by molar-refractivity contribution is 9.10. The molecule has 2 amide bonds. The SMILES string of the molecule is Cc1cc(Br)ccc1NC(=O)C(NC(=O)c1ccccc1)C(C)C. The molecular weight excluding hydrogens is 368 g/mol. The van der Waals surface area contributed by atoms with Crippen molar-refractivity contribution in [3.8, 4) is 0 Å². The number of anilines is 1. The van der Waals surface area contributed by atoms with E-state index in [1.165, 1.54) is 0 Å². The normalized spacial score (nSPS) is 11.9. The zero-order chi connectivity index (χ0) is 17.7. The highest BCUT2D eigenvalue weighted by atomic mass is 79.9. The number of nitrogens with one attached hydrogen (secondary N) is 2. The van der Waals surface area contributed by atoms with Crippen LogP contribution in [-0.4, -0.2) is 17.9 Å². The summed E-state index contributed by atoms with van der Waals surface area (Å²) in [5, 5.41) is 5.72. The van der Waals surface area contributed by atoms with Crippen LogP contribution < -0.4 is 10.6 Å². The number of amides is 2. The number of hydrogen-bond donors (Lipinski definition) is 2. The van der Waals surface area contributed by atoms with Crippen molar-refractivity contribution >= 4 is 33.4 Å². The number of rotatable bonds is 5. The molecule has 1 unspecified atom stereocenters. The lowest BCUT2D eigenvalue weighted by Crippen LogP contribution is -2.47. The third kappa shape index (κ3) is 4.68. The molecular formula is C19H21BrN2O2. The van der Waals surface area contributed by atoms with Crippen LogP contribution in [0.3, 0.4) is 0 Å². The highest BCUT2D eigenvalue weighted by Gasteiger charge is 2.25. The first-order valence-electron chi connectivity index (χ1n) is 7.81. The van der Waals surface area contributed by atoms with Gasteiger partial charge in [0.15, 0.2) is 0 Å². The Hall–Kier alpha value is -2.14. The number of aryl methyl sites for hydroxylation is 1. The summed E-state index contributed by atoms with van der Waals surface area (Å²) in [5.74, 6) is -0.509. The summed E-state index contributed by atoms with van der Waals surface area (Å²) in [6.07, 6.45) is 0. The summed E-state index contributed by atoms with van der Waals surface area (Å²) in [4.78, 5) is 25.0. The molecule has 2 N–H and O–H groups in total. The van der Waals surface area contributed by atoms with Crippen molar-refractivity contribution < 1.29 is 9.59 Å². The first-order valence-corrected chi connectivity index (χ1v) is 8.60. The van der Waals surface area contributed by atoms with Gasteiger partial charge in [0, 0.05) is 15.7 Å². The Morgan fingerprint density at radius 3 is 2.29 bits per heavy atom. The molecule has 0 aliphatic heterocycles. The molecule has 24 heavy (non-hydrogen) atoms. The molecule has 5 heteroatoms. The molecule has 0 heterocycles. The van der Waals surface area contributed by atoms with E-state index in [-0.39, 0.29) is 17.7 Å². The third-order valence-electron chi connectivity index (χ3n) is 3.72. The molecule has 126 valence electrons. The van der Waals surface area contributed by atoms with E-state index in [1.807, 2.05) is 45.0 Å². The number of benzene rings is 2. The molecule has 0 saturated heterocycles. The van der Waals surface area contributed by atoms with Gasteiger partial charge < -0.3 is 10.6 Å². The third-order valence-corrected chi connectivity index (χ3v) is 4.21. The highest BCUT2D eigenvalue weighted by Crippen LogP contribution is 2.20. The average Bonchev–Trinajstić information content (AvgIpc) is 2.55. The smallest absolute Gasteiger partial charge is 0.251 e. The van der Waals surface area contributed by atoms with Crippen LogP contribution in [0.4, 0.5) is 5.69 Å². The van der Waals surface area contributed by atoms with E-state index in [2.05, 4.69) is 26.6 Å². The molecule has 2 aromatic rings. The number of hydrogen-bond acceptors (Lipinski definition) is 2. The zero-order valence-electron chi connectivity index (χ0n) is 14.0. The van der Waals surface area contributed by atoms with Gasteiger partial charge in [-0.1, -0.05) is 48.0 Å². The molecule has 2 aromatic carbocycles. The largest absolute Gasteiger partial charge is 0.340 e. The minimum atomic E-state index is -0.610. The molecule has 0 bridgehead atoms. The monoisotopic (exact) mass is 388 g/mol. The van der Waals surface area contributed by atoms with E-state index in [0.29, 0.717) is 5.56 Å². The lowest BCUT2D eigenvalue weighted by molar-refractivity contribution is -0.118. The fourth-order valence-corrected chi connectivity index (χ4v) is 2.80. The first kappa shape index (κ1) is 18.2. The topological polar surface area (TPSA) is 58.2 Å². The van der Waals surface area contributed by atoms with Crippen molar-refractivity contribution in [2.24, 2.45) is 5.92 Å². The maximum Gasteiger partial charge on any atom is 0.251 e. The Bertz CT molecular complexity index is 729. The van der Waals surface area contributed by atoms with Gasteiger partial charge >= 0.3 is 0 Å². The molecule has 0 radical (unpaired) electrons. The first-order chi connectivity index (χ1) is 11.4. The zero-order valence-corrected chi connectivity index (χ0v) is 15.6. The summed E-state index contributed by atoms with van der Waals surface area (Å²) < 4.78 is 0.954. The Labute approximate surface area is 150 Å². The van der Waals surface area contributed by atoms with Crippen LogP contribution in [0.25, 0.3) is 0 Å². The average molecular weight is 389 g/mol. The van der Waals surface area contributed by atoms with Gasteiger partial charge in [0.1, 0.15) is 6.04 Å². The Balaban J connectivity index is 2.12. The van der Waals surface area contributed by atoms with E-state index in [0.717, 1.165) is 15.7 Å². The van der Waals surface area contributed by atoms with E-state index in [4.69, 9.17) is 0 Å². The van der Waals surface area contributed by atoms with Gasteiger partial charge in [0.2, 0.25) is 5.91 Å². The van der Waals surface area contributed by atoms with Gasteiger partial charge in [-0.3, -0.25) is 9.59 Å². The van der Waals surface area contributed by atoms with Crippen molar-refractivity contribution in [3.63, 3.8) is 0 Å². The van der Waals surface area contributed by atoms with Gasteiger partial charge in [-0.15, -0.1) is 0 Å². The lowest BCUT2D eigenvalue weighted by atomic mass is 10.0. The summed E-state index contributed by atoms with van der Waals surface area (Å²) in [5.41, 5.74) is 2.23. The van der Waals surface area contributed by atoms with Crippen molar-refractivity contribution in [2.75, 3.05) is 5.32 Å². The van der Waals surface area contributed by atoms with E-state index in [1.54, 1.807) is 24.3 Å². The van der Waals surface area contributed by atoms with Gasteiger partial charge in [-0.05, 0) is 48.7 Å². The minimum Gasteiger partial charge on any atom is -0.340 e. The maximum atomic E-state index is 12.6. The second-order valence-electron chi connectivity index (χ2n) is 6.01. The number of carbonyl (C=O) groups excluding carboxylic acids is 2. The molecule has 2 rings (SSSR count). The van der Waals surface area contributed by atoms with E-state index in [9.17, 15) is 9.59 Å². The fourth-order valence-electron chi connectivity index (χ4n) is 2.33. The fraction of sp³-hybridized carbons (Fsp3) is 0.263. The predicted octanol–water partition coefficient (Wildman–Crippen LogP) is 4.15. The second-order valence-corrected chi connectivity index (χ2v) is 6.93. The molecule has 0 aliphatic rings. The molecule has 0 fully saturated rings. The van der Waals surface area contributed by atoms with E-state index >= 15 is 0 Å². The van der Waals surface area contributed by atoms with Crippen molar-refractivity contribution in [1.29, 1.82) is 0 Å². The predicted molar refractivity (Wildman–Crippen MR) is 100 cm³/mol. The van der Waals surface area contributed by atoms with Crippen molar-refractivity contribution in [2.45, 2.75) is 26.8 Å². The van der Waals surface area contributed by atoms with Crippen LogP contribution in [0.15, 0.2) is 53.0 Å². The molecule has 0 spiro atoms. The van der Waals surface area contributed by atoms with Gasteiger partial charge in [0.25, 0.3) is 5.91 Å². The molecule has 4 nitrogen and oxygen atoms in total. The molecule has 0 aliphatic carbocycles.